The summed E-state index contributed by atoms with van der Waals surface area (Å²) >= 11 is 0. The van der Waals surface area contributed by atoms with Crippen molar-refractivity contribution in [3.8, 4) is 34.1 Å². The van der Waals surface area contributed by atoms with Gasteiger partial charge in [0.05, 0.1) is 4.90 Å². The van der Waals surface area contributed by atoms with Gasteiger partial charge in [-0.1, -0.05) is 0 Å². The van der Waals surface area contributed by atoms with Gasteiger partial charge in [0, 0.05) is 17.4 Å². The van der Waals surface area contributed by atoms with Crippen LogP contribution in [0.25, 0.3) is 11.1 Å². The highest BCUT2D eigenvalue weighted by Gasteiger charge is 2.41. The van der Waals surface area contributed by atoms with Crippen molar-refractivity contribution in [2.24, 2.45) is 0 Å². The molecule has 0 heterocycles. The number of hydrogen-bond acceptors (Lipinski definition) is 8. The summed E-state index contributed by atoms with van der Waals surface area (Å²) in [5.74, 6) is -22.9. The average Bonchev–Trinajstić information content (AvgIpc) is 3.09. The Bertz CT molecular complexity index is 2780. The van der Waals surface area contributed by atoms with Gasteiger partial charge in [0.2, 0.25) is 27.2 Å². The molecule has 5 rings (SSSR count). The lowest BCUT2D eigenvalue weighted by Gasteiger charge is -2.19. The molecule has 9 nitrogen and oxygen atoms in total. The fourth-order valence-corrected chi connectivity index (χ4v) is 8.74. The zero-order valence-corrected chi connectivity index (χ0v) is 32.7. The third-order valence-electron chi connectivity index (χ3n) is 8.63. The minimum atomic E-state index is -6.34. The van der Waals surface area contributed by atoms with Gasteiger partial charge in [-0.3, -0.25) is 4.55 Å². The Labute approximate surface area is 321 Å². The minimum absolute atomic E-state index is 0.0672. The van der Waals surface area contributed by atoms with Crippen molar-refractivity contribution in [3.63, 3.8) is 0 Å². The lowest BCUT2D eigenvalue weighted by molar-refractivity contribution is 0.348. The summed E-state index contributed by atoms with van der Waals surface area (Å²) in [7, 11) is -14.7. The molecule has 0 saturated carbocycles. The highest BCUT2D eigenvalue weighted by atomic mass is 32.2. The molecule has 20 heteroatoms. The zero-order chi connectivity index (χ0) is 42.9. The zero-order valence-electron chi connectivity index (χ0n) is 30.2. The minimum Gasteiger partial charge on any atom is -0.456 e. The molecule has 0 unspecified atom stereocenters. The van der Waals surface area contributed by atoms with E-state index in [1.54, 1.807) is 26.0 Å². The molecule has 0 aromatic heterocycles. The normalized spacial score (nSPS) is 12.3. The molecule has 0 amide bonds. The number of halogens is 8. The molecule has 5 aromatic carbocycles. The first-order chi connectivity index (χ1) is 26.2. The van der Waals surface area contributed by atoms with Gasteiger partial charge in [0.25, 0.3) is 10.1 Å². The quantitative estimate of drug-likeness (QED) is 0.0827. The molecule has 0 atom stereocenters. The van der Waals surface area contributed by atoms with Gasteiger partial charge in [-0.2, -0.15) is 17.2 Å². The lowest BCUT2D eigenvalue weighted by Crippen LogP contribution is -2.17. The van der Waals surface area contributed by atoms with Crippen molar-refractivity contribution in [3.05, 3.63) is 122 Å². The fourth-order valence-electron chi connectivity index (χ4n) is 5.94. The predicted octanol–water partition coefficient (Wildman–Crippen LogP) is 9.22. The van der Waals surface area contributed by atoms with Crippen molar-refractivity contribution < 1.29 is 74.4 Å². The molecule has 304 valence electrons. The van der Waals surface area contributed by atoms with Gasteiger partial charge < -0.3 is 9.47 Å². The Morgan fingerprint density at radius 2 is 0.912 bits per heavy atom. The van der Waals surface area contributed by atoms with Crippen molar-refractivity contribution in [1.82, 2.24) is 0 Å². The highest BCUT2D eigenvalue weighted by Crippen LogP contribution is 2.42. The maximum atomic E-state index is 15.3. The van der Waals surface area contributed by atoms with Crippen molar-refractivity contribution >= 4 is 29.8 Å². The Morgan fingerprint density at radius 1 is 0.526 bits per heavy atom. The molecule has 57 heavy (non-hydrogen) atoms. The van der Waals surface area contributed by atoms with Crippen LogP contribution in [-0.4, -0.2) is 36.1 Å². The number of ether oxygens (including phenoxy) is 2. The summed E-state index contributed by atoms with van der Waals surface area (Å²) in [5.41, 5.74) is 0.714. The van der Waals surface area contributed by atoms with Crippen LogP contribution >= 0.6 is 0 Å². The van der Waals surface area contributed by atoms with E-state index in [4.69, 9.17) is 9.47 Å². The van der Waals surface area contributed by atoms with Crippen molar-refractivity contribution in [2.45, 2.75) is 55.1 Å². The van der Waals surface area contributed by atoms with Crippen LogP contribution in [0.4, 0.5) is 35.1 Å². The smallest absolute Gasteiger partial charge is 0.269 e. The maximum Gasteiger partial charge on any atom is 0.269 e. The maximum absolute atomic E-state index is 15.3. The summed E-state index contributed by atoms with van der Waals surface area (Å²) in [5, 5.41) is 0. The first kappa shape index (κ1) is 43.1. The van der Waals surface area contributed by atoms with Crippen LogP contribution in [0.2, 0.25) is 0 Å². The van der Waals surface area contributed by atoms with E-state index < -0.39 is 103 Å². The topological polar surface area (TPSA) is 141 Å². The van der Waals surface area contributed by atoms with Gasteiger partial charge in [-0.05, 0) is 110 Å². The second-order valence-corrected chi connectivity index (χ2v) is 18.3. The van der Waals surface area contributed by atoms with E-state index in [0.717, 1.165) is 12.3 Å². The first-order valence-corrected chi connectivity index (χ1v) is 21.0. The summed E-state index contributed by atoms with van der Waals surface area (Å²) in [6.07, 6.45) is 0.912. The average molecular weight is 865 g/mol. The van der Waals surface area contributed by atoms with Gasteiger partial charge in [0.15, 0.2) is 44.7 Å². The van der Waals surface area contributed by atoms with E-state index in [1.165, 1.54) is 38.1 Å². The second-order valence-electron chi connectivity index (χ2n) is 13.0. The fraction of sp³-hybridized carbons (Fsp3) is 0.189. The van der Waals surface area contributed by atoms with E-state index in [9.17, 15) is 47.4 Å². The molecule has 0 aliphatic heterocycles. The van der Waals surface area contributed by atoms with Crippen LogP contribution in [0, 0.1) is 81.2 Å². The third kappa shape index (κ3) is 8.08. The number of benzene rings is 5. The molecule has 0 spiro atoms. The Kier molecular flexibility index (Phi) is 11.4. The molecule has 0 radical (unpaired) electrons. The van der Waals surface area contributed by atoms with Crippen LogP contribution < -0.4 is 9.47 Å². The van der Waals surface area contributed by atoms with E-state index in [-0.39, 0.29) is 38.8 Å². The Morgan fingerprint density at radius 3 is 1.30 bits per heavy atom. The summed E-state index contributed by atoms with van der Waals surface area (Å²) in [6, 6.07) is 9.63. The highest BCUT2D eigenvalue weighted by molar-refractivity contribution is 7.91. The molecule has 0 fully saturated rings. The van der Waals surface area contributed by atoms with Crippen LogP contribution in [0.3, 0.4) is 0 Å². The molecule has 0 saturated heterocycles. The predicted molar refractivity (Wildman–Crippen MR) is 189 cm³/mol. The number of rotatable bonds is 10. The van der Waals surface area contributed by atoms with Crippen LogP contribution in [-0.2, 0) is 35.5 Å². The molecule has 1 N–H and O–H groups in total. The first-order valence-electron chi connectivity index (χ1n) is 16.0. The number of sulfone groups is 2. The van der Waals surface area contributed by atoms with Crippen LogP contribution in [0.1, 0.15) is 33.4 Å². The third-order valence-corrected chi connectivity index (χ3v) is 12.2. The SMILES string of the molecule is Cc1cc(-c2cc(C)c(Oc3c(F)c(F)c(S(=O)(=O)c4c(F)c(F)c(C)c(F)c4F)c(F)c3F)c(C)c2)cc(C)c1Oc1ccc(S(C)(=O)=O)cc1CS(=O)(=O)O. The summed E-state index contributed by atoms with van der Waals surface area (Å²) in [4.78, 5) is -5.32. The van der Waals surface area contributed by atoms with E-state index in [2.05, 4.69) is 0 Å². The largest absolute Gasteiger partial charge is 0.456 e. The molecule has 5 aromatic rings. The van der Waals surface area contributed by atoms with Crippen LogP contribution in [0.5, 0.6) is 23.0 Å². The van der Waals surface area contributed by atoms with E-state index >= 15 is 17.6 Å². The van der Waals surface area contributed by atoms with Gasteiger partial charge >= 0.3 is 0 Å². The van der Waals surface area contributed by atoms with Crippen molar-refractivity contribution in [2.75, 3.05) is 6.26 Å². The Balaban J connectivity index is 1.52. The van der Waals surface area contributed by atoms with E-state index in [0.29, 0.717) is 29.2 Å². The molecule has 0 aliphatic rings. The number of aryl methyl sites for hydroxylation is 4. The van der Waals surface area contributed by atoms with Gasteiger partial charge in [0.1, 0.15) is 32.8 Å². The summed E-state index contributed by atoms with van der Waals surface area (Å²) < 4.78 is 213. The van der Waals surface area contributed by atoms with Crippen LogP contribution in [0.15, 0.2) is 57.2 Å². The van der Waals surface area contributed by atoms with E-state index in [1.807, 2.05) is 0 Å². The summed E-state index contributed by atoms with van der Waals surface area (Å²) in [6.45, 7) is 6.56. The molecule has 0 aliphatic carbocycles. The van der Waals surface area contributed by atoms with Gasteiger partial charge in [-0.25, -0.2) is 43.2 Å². The monoisotopic (exact) mass is 864 g/mol. The van der Waals surface area contributed by atoms with Gasteiger partial charge in [-0.15, -0.1) is 0 Å². The standard InChI is InChI=1S/C37H28F8O9S3/c1-15-9-20(10-16(2)33(15)53-24-8-7-23(55(6,46)47)13-22(24)14-56(48,49)50)21-11-17(3)34(18(4)12-21)54-35-27(40)31(44)37(32(45)28(35)41)57(51,52)36-29(42)25(38)19(5)26(39)30(36)43/h7-13H,14H2,1-6H3,(H,48,49,50). The molecule has 0 bridgehead atoms. The second kappa shape index (κ2) is 15.0. The molecular weight excluding hydrogens is 837 g/mol. The lowest BCUT2D eigenvalue weighted by atomic mass is 9.96. The number of hydrogen-bond donors (Lipinski definition) is 1. The van der Waals surface area contributed by atoms with Crippen molar-refractivity contribution in [1.29, 1.82) is 0 Å². The Hall–Kier alpha value is -5.05. The molecular formula is C37H28F8O9S3.